The molecule has 1 amide bonds. The van der Waals surface area contributed by atoms with E-state index in [1.54, 1.807) is 13.4 Å². The van der Waals surface area contributed by atoms with Crippen molar-refractivity contribution < 1.29 is 9.53 Å². The molecule has 1 aromatic heterocycles. The van der Waals surface area contributed by atoms with Gasteiger partial charge in [0, 0.05) is 11.3 Å². The second-order valence-corrected chi connectivity index (χ2v) is 6.79. The second kappa shape index (κ2) is 7.19. The molecule has 0 saturated heterocycles. The van der Waals surface area contributed by atoms with Gasteiger partial charge in [-0.2, -0.15) is 0 Å². The summed E-state index contributed by atoms with van der Waals surface area (Å²) in [6.07, 6.45) is 1.80. The Labute approximate surface area is 163 Å². The molecule has 0 aliphatic carbocycles. The van der Waals surface area contributed by atoms with E-state index < -0.39 is 0 Å². The molecule has 4 aromatic rings. The van der Waals surface area contributed by atoms with Gasteiger partial charge in [-0.3, -0.25) is 9.36 Å². The lowest BCUT2D eigenvalue weighted by atomic mass is 10.1. The van der Waals surface area contributed by atoms with Crippen molar-refractivity contribution in [1.29, 1.82) is 0 Å². The van der Waals surface area contributed by atoms with Crippen LogP contribution in [0.25, 0.3) is 16.7 Å². The van der Waals surface area contributed by atoms with Gasteiger partial charge in [0.1, 0.15) is 12.1 Å². The Morgan fingerprint density at radius 2 is 1.79 bits per heavy atom. The van der Waals surface area contributed by atoms with Gasteiger partial charge in [-0.1, -0.05) is 17.7 Å². The minimum atomic E-state index is -0.173. The number of aromatic nitrogens is 2. The van der Waals surface area contributed by atoms with E-state index in [0.717, 1.165) is 22.5 Å². The lowest BCUT2D eigenvalue weighted by molar-refractivity contribution is 0.102. The first-order chi connectivity index (χ1) is 13.5. The molecule has 4 rings (SSSR count). The fraction of sp³-hybridized carbons (Fsp3) is 0.130. The van der Waals surface area contributed by atoms with E-state index >= 15 is 0 Å². The summed E-state index contributed by atoms with van der Waals surface area (Å²) in [6.45, 7) is 4.17. The van der Waals surface area contributed by atoms with Gasteiger partial charge in [0.05, 0.1) is 23.8 Å². The minimum Gasteiger partial charge on any atom is -0.497 e. The molecule has 0 bridgehead atoms. The highest BCUT2D eigenvalue weighted by Gasteiger charge is 2.11. The van der Waals surface area contributed by atoms with Crippen LogP contribution in [0.3, 0.4) is 0 Å². The lowest BCUT2D eigenvalue weighted by Crippen LogP contribution is -2.11. The number of ether oxygens (including phenoxy) is 1. The first-order valence-electron chi connectivity index (χ1n) is 9.05. The number of rotatable bonds is 4. The van der Waals surface area contributed by atoms with Crippen molar-refractivity contribution in [3.05, 3.63) is 83.7 Å². The highest BCUT2D eigenvalue weighted by molar-refractivity contribution is 6.06. The van der Waals surface area contributed by atoms with Gasteiger partial charge in [-0.05, 0) is 67.9 Å². The zero-order valence-corrected chi connectivity index (χ0v) is 16.1. The molecule has 0 fully saturated rings. The van der Waals surface area contributed by atoms with Gasteiger partial charge in [0.25, 0.3) is 5.91 Å². The quantitative estimate of drug-likeness (QED) is 0.555. The molecule has 140 valence electrons. The predicted molar refractivity (Wildman–Crippen MR) is 111 cm³/mol. The summed E-state index contributed by atoms with van der Waals surface area (Å²) in [5, 5.41) is 2.90. The monoisotopic (exact) mass is 371 g/mol. The molecule has 0 aliphatic heterocycles. The van der Waals surface area contributed by atoms with Crippen molar-refractivity contribution >= 4 is 22.6 Å². The zero-order chi connectivity index (χ0) is 19.7. The van der Waals surface area contributed by atoms with Gasteiger partial charge < -0.3 is 10.1 Å². The average molecular weight is 371 g/mol. The van der Waals surface area contributed by atoms with Crippen LogP contribution in [0.5, 0.6) is 5.75 Å². The molecule has 0 atom stereocenters. The van der Waals surface area contributed by atoms with Crippen molar-refractivity contribution in [3.8, 4) is 11.4 Å². The smallest absolute Gasteiger partial charge is 0.255 e. The van der Waals surface area contributed by atoms with Crippen molar-refractivity contribution in [1.82, 2.24) is 9.55 Å². The van der Waals surface area contributed by atoms with Crippen LogP contribution >= 0.6 is 0 Å². The van der Waals surface area contributed by atoms with E-state index in [2.05, 4.69) is 46.9 Å². The van der Waals surface area contributed by atoms with E-state index in [-0.39, 0.29) is 5.91 Å². The summed E-state index contributed by atoms with van der Waals surface area (Å²) in [5.74, 6) is 0.574. The predicted octanol–water partition coefficient (Wildman–Crippen LogP) is 4.90. The van der Waals surface area contributed by atoms with Gasteiger partial charge in [-0.25, -0.2) is 4.98 Å². The lowest BCUT2D eigenvalue weighted by Gasteiger charge is -2.10. The van der Waals surface area contributed by atoms with Crippen LogP contribution < -0.4 is 10.1 Å². The number of nitrogens with zero attached hydrogens (tertiary/aromatic N) is 2. The Hall–Kier alpha value is -3.60. The average Bonchev–Trinajstić information content (AvgIpc) is 3.11. The van der Waals surface area contributed by atoms with Crippen LogP contribution in [-0.2, 0) is 0 Å². The Morgan fingerprint density at radius 3 is 2.50 bits per heavy atom. The molecule has 0 aliphatic rings. The molecule has 0 unspecified atom stereocenters. The molecule has 1 heterocycles. The highest BCUT2D eigenvalue weighted by atomic mass is 16.5. The zero-order valence-electron chi connectivity index (χ0n) is 16.1. The number of methoxy groups -OCH3 is 1. The minimum absolute atomic E-state index is 0.173. The van der Waals surface area contributed by atoms with E-state index in [0.29, 0.717) is 11.3 Å². The van der Waals surface area contributed by atoms with Gasteiger partial charge in [-0.15, -0.1) is 0 Å². The summed E-state index contributed by atoms with van der Waals surface area (Å²) in [7, 11) is 1.61. The van der Waals surface area contributed by atoms with Crippen LogP contribution in [0, 0.1) is 13.8 Å². The molecular formula is C23H21N3O2. The standard InChI is InChI=1S/C23H21N3O2/c1-15-4-10-21(16(2)12-15)26-14-24-20-13-17(5-11-22(20)26)23(27)25-18-6-8-19(28-3)9-7-18/h4-14H,1-3H3,(H,25,27). The first-order valence-corrected chi connectivity index (χ1v) is 9.05. The summed E-state index contributed by atoms with van der Waals surface area (Å²) >= 11 is 0. The molecule has 5 heteroatoms. The molecule has 5 nitrogen and oxygen atoms in total. The van der Waals surface area contributed by atoms with Gasteiger partial charge >= 0.3 is 0 Å². The van der Waals surface area contributed by atoms with E-state index in [9.17, 15) is 4.79 Å². The Kier molecular flexibility index (Phi) is 4.57. The third-order valence-corrected chi connectivity index (χ3v) is 4.77. The van der Waals surface area contributed by atoms with Crippen LogP contribution in [0.4, 0.5) is 5.69 Å². The Balaban J connectivity index is 1.62. The van der Waals surface area contributed by atoms with Gasteiger partial charge in [0.2, 0.25) is 0 Å². The number of carbonyl (C=O) groups is 1. The molecular weight excluding hydrogens is 350 g/mol. The number of carbonyl (C=O) groups excluding carboxylic acids is 1. The van der Waals surface area contributed by atoms with Crippen LogP contribution in [0.1, 0.15) is 21.5 Å². The van der Waals surface area contributed by atoms with Crippen molar-refractivity contribution in [2.24, 2.45) is 0 Å². The normalized spacial score (nSPS) is 10.8. The largest absolute Gasteiger partial charge is 0.497 e. The van der Waals surface area contributed by atoms with Crippen molar-refractivity contribution in [2.45, 2.75) is 13.8 Å². The van der Waals surface area contributed by atoms with E-state index in [1.165, 1.54) is 11.1 Å². The SMILES string of the molecule is COc1ccc(NC(=O)c2ccc3c(c2)ncn3-c2ccc(C)cc2C)cc1. The molecule has 3 aromatic carbocycles. The van der Waals surface area contributed by atoms with Crippen LogP contribution in [0.15, 0.2) is 67.0 Å². The maximum absolute atomic E-state index is 12.6. The van der Waals surface area contributed by atoms with E-state index in [1.807, 2.05) is 42.5 Å². The maximum atomic E-state index is 12.6. The number of amides is 1. The topological polar surface area (TPSA) is 56.1 Å². The first kappa shape index (κ1) is 17.8. The third kappa shape index (κ3) is 3.34. The fourth-order valence-electron chi connectivity index (χ4n) is 3.30. The van der Waals surface area contributed by atoms with E-state index in [4.69, 9.17) is 4.74 Å². The molecule has 0 radical (unpaired) electrons. The highest BCUT2D eigenvalue weighted by Crippen LogP contribution is 2.23. The number of fused-ring (bicyclic) bond motifs is 1. The summed E-state index contributed by atoms with van der Waals surface area (Å²) in [4.78, 5) is 17.1. The van der Waals surface area contributed by atoms with Crippen molar-refractivity contribution in [2.75, 3.05) is 12.4 Å². The number of hydrogen-bond donors (Lipinski definition) is 1. The number of hydrogen-bond acceptors (Lipinski definition) is 3. The van der Waals surface area contributed by atoms with Crippen LogP contribution in [0.2, 0.25) is 0 Å². The number of anilines is 1. The second-order valence-electron chi connectivity index (χ2n) is 6.79. The fourth-order valence-corrected chi connectivity index (χ4v) is 3.30. The number of benzene rings is 3. The van der Waals surface area contributed by atoms with Gasteiger partial charge in [0.15, 0.2) is 0 Å². The molecule has 0 saturated carbocycles. The summed E-state index contributed by atoms with van der Waals surface area (Å²) in [6, 6.07) is 19.1. The number of nitrogens with one attached hydrogen (secondary N) is 1. The number of imidazole rings is 1. The number of aryl methyl sites for hydroxylation is 2. The molecule has 0 spiro atoms. The van der Waals surface area contributed by atoms with Crippen LogP contribution in [-0.4, -0.2) is 22.6 Å². The molecule has 1 N–H and O–H groups in total. The Bertz CT molecular complexity index is 1160. The third-order valence-electron chi connectivity index (χ3n) is 4.77. The maximum Gasteiger partial charge on any atom is 0.255 e. The summed E-state index contributed by atoms with van der Waals surface area (Å²) in [5.41, 5.74) is 6.52. The summed E-state index contributed by atoms with van der Waals surface area (Å²) < 4.78 is 7.19. The Morgan fingerprint density at radius 1 is 1.00 bits per heavy atom. The molecule has 28 heavy (non-hydrogen) atoms. The van der Waals surface area contributed by atoms with Crippen molar-refractivity contribution in [3.63, 3.8) is 0 Å².